The first-order valence-corrected chi connectivity index (χ1v) is 10.1. The third-order valence-electron chi connectivity index (χ3n) is 4.92. The number of hydrogen-bond donors (Lipinski definition) is 0. The van der Waals surface area contributed by atoms with Crippen molar-refractivity contribution >= 4 is 11.6 Å². The van der Waals surface area contributed by atoms with Crippen LogP contribution in [-0.4, -0.2) is 26.5 Å². The van der Waals surface area contributed by atoms with E-state index in [4.69, 9.17) is 25.6 Å². The normalized spacial score (nSPS) is 15.7. The Balaban J connectivity index is 1.37. The van der Waals surface area contributed by atoms with E-state index in [1.54, 1.807) is 0 Å². The Morgan fingerprint density at radius 1 is 1.17 bits per heavy atom. The van der Waals surface area contributed by atoms with Gasteiger partial charge in [-0.2, -0.15) is 10.1 Å². The van der Waals surface area contributed by atoms with Gasteiger partial charge in [-0.25, -0.2) is 0 Å². The number of hydrogen-bond acceptors (Lipinski definition) is 6. The average Bonchev–Trinajstić information content (AvgIpc) is 3.41. The molecule has 0 N–H and O–H groups in total. The van der Waals surface area contributed by atoms with Crippen LogP contribution in [0, 0.1) is 0 Å². The van der Waals surface area contributed by atoms with Gasteiger partial charge in [-0.3, -0.25) is 4.68 Å². The van der Waals surface area contributed by atoms with Gasteiger partial charge in [-0.05, 0) is 42.8 Å². The maximum absolute atomic E-state index is 6.01. The van der Waals surface area contributed by atoms with Gasteiger partial charge in [0.2, 0.25) is 5.82 Å². The molecule has 152 valence electrons. The molecule has 0 amide bonds. The largest absolute Gasteiger partial charge is 0.494 e. The van der Waals surface area contributed by atoms with E-state index in [9.17, 15) is 0 Å². The van der Waals surface area contributed by atoms with E-state index in [1.807, 2.05) is 66.2 Å². The number of benzene rings is 2. The van der Waals surface area contributed by atoms with Crippen LogP contribution < -0.4 is 4.74 Å². The Labute approximate surface area is 178 Å². The lowest BCUT2D eigenvalue weighted by atomic mass is 10.1. The van der Waals surface area contributed by atoms with Crippen LogP contribution in [0.4, 0.5) is 0 Å². The first-order chi connectivity index (χ1) is 14.7. The summed E-state index contributed by atoms with van der Waals surface area (Å²) in [7, 11) is 0. The first-order valence-electron chi connectivity index (χ1n) is 9.70. The van der Waals surface area contributed by atoms with Crippen LogP contribution in [0.1, 0.15) is 24.3 Å². The van der Waals surface area contributed by atoms with Crippen LogP contribution in [-0.2, 0) is 17.9 Å². The second-order valence-electron chi connectivity index (χ2n) is 6.94. The smallest absolute Gasteiger partial charge is 0.278 e. The van der Waals surface area contributed by atoms with Crippen LogP contribution >= 0.6 is 11.6 Å². The van der Waals surface area contributed by atoms with Gasteiger partial charge in [0.1, 0.15) is 11.9 Å². The standard InChI is InChI=1S/C22H19ClN4O3/c1-2-28-18-5-3-4-15(10-18)21-24-22(30-26-21)19-11-17-13-29-20(12-27(17)25-19)14-6-8-16(23)9-7-14/h3-11,20H,2,12-13H2,1H3/t20-/m0/s1. The molecule has 7 nitrogen and oxygen atoms in total. The zero-order valence-corrected chi connectivity index (χ0v) is 17.0. The Morgan fingerprint density at radius 3 is 2.87 bits per heavy atom. The van der Waals surface area contributed by atoms with Gasteiger partial charge in [0.25, 0.3) is 5.89 Å². The Kier molecular flexibility index (Phi) is 4.98. The molecule has 30 heavy (non-hydrogen) atoms. The van der Waals surface area contributed by atoms with E-state index < -0.39 is 0 Å². The lowest BCUT2D eigenvalue weighted by molar-refractivity contribution is -0.00112. The summed E-state index contributed by atoms with van der Waals surface area (Å²) in [5.74, 6) is 1.63. The van der Waals surface area contributed by atoms with Crippen molar-refractivity contribution in [1.29, 1.82) is 0 Å². The summed E-state index contributed by atoms with van der Waals surface area (Å²) in [6, 6.07) is 17.2. The fraction of sp³-hybridized carbons (Fsp3) is 0.227. The summed E-state index contributed by atoms with van der Waals surface area (Å²) in [4.78, 5) is 4.52. The SMILES string of the molecule is CCOc1cccc(-c2noc(-c3cc4n(n3)C[C@@H](c3ccc(Cl)cc3)OC4)n2)c1. The molecule has 8 heteroatoms. The van der Waals surface area contributed by atoms with Gasteiger partial charge in [0.15, 0.2) is 5.69 Å². The van der Waals surface area contributed by atoms with Crippen molar-refractivity contribution in [3.05, 3.63) is 70.9 Å². The molecular weight excluding hydrogens is 404 g/mol. The van der Waals surface area contributed by atoms with E-state index >= 15 is 0 Å². The number of aromatic nitrogens is 4. The predicted octanol–water partition coefficient (Wildman–Crippen LogP) is 4.92. The van der Waals surface area contributed by atoms with Gasteiger partial charge in [-0.1, -0.05) is 41.0 Å². The van der Waals surface area contributed by atoms with Crippen LogP contribution in [0.2, 0.25) is 5.02 Å². The molecule has 5 rings (SSSR count). The Morgan fingerprint density at radius 2 is 2.03 bits per heavy atom. The van der Waals surface area contributed by atoms with Crippen molar-refractivity contribution in [3.63, 3.8) is 0 Å². The van der Waals surface area contributed by atoms with E-state index in [-0.39, 0.29) is 6.10 Å². The molecule has 0 aliphatic carbocycles. The second kappa shape index (κ2) is 7.93. The van der Waals surface area contributed by atoms with Crippen molar-refractivity contribution in [2.45, 2.75) is 26.2 Å². The van der Waals surface area contributed by atoms with Crippen molar-refractivity contribution in [2.75, 3.05) is 6.61 Å². The van der Waals surface area contributed by atoms with E-state index in [1.165, 1.54) is 0 Å². The molecule has 0 saturated heterocycles. The highest BCUT2D eigenvalue weighted by molar-refractivity contribution is 6.30. The van der Waals surface area contributed by atoms with Crippen molar-refractivity contribution in [2.24, 2.45) is 0 Å². The molecule has 0 saturated carbocycles. The molecule has 1 aliphatic rings. The summed E-state index contributed by atoms with van der Waals surface area (Å²) in [5, 5.41) is 9.47. The highest BCUT2D eigenvalue weighted by Crippen LogP contribution is 2.30. The summed E-state index contributed by atoms with van der Waals surface area (Å²) < 4.78 is 19.0. The molecule has 0 radical (unpaired) electrons. The number of halogens is 1. The first kappa shape index (κ1) is 18.8. The predicted molar refractivity (Wildman–Crippen MR) is 111 cm³/mol. The molecule has 0 fully saturated rings. The topological polar surface area (TPSA) is 75.2 Å². The second-order valence-corrected chi connectivity index (χ2v) is 7.37. The fourth-order valence-corrected chi connectivity index (χ4v) is 3.57. The lowest BCUT2D eigenvalue weighted by Gasteiger charge is -2.24. The van der Waals surface area contributed by atoms with E-state index in [0.29, 0.717) is 42.2 Å². The van der Waals surface area contributed by atoms with Crippen molar-refractivity contribution in [1.82, 2.24) is 19.9 Å². The highest BCUT2D eigenvalue weighted by atomic mass is 35.5. The van der Waals surface area contributed by atoms with Crippen molar-refractivity contribution < 1.29 is 14.0 Å². The van der Waals surface area contributed by atoms with Gasteiger partial charge in [0, 0.05) is 10.6 Å². The van der Waals surface area contributed by atoms with Gasteiger partial charge in [0.05, 0.1) is 25.5 Å². The summed E-state index contributed by atoms with van der Waals surface area (Å²) in [6.07, 6.45) is -0.0814. The third kappa shape index (κ3) is 3.69. The summed E-state index contributed by atoms with van der Waals surface area (Å²) in [5.41, 5.74) is 3.49. The van der Waals surface area contributed by atoms with E-state index in [0.717, 1.165) is 22.6 Å². The minimum absolute atomic E-state index is 0.0814. The van der Waals surface area contributed by atoms with Crippen LogP contribution in [0.3, 0.4) is 0 Å². The molecule has 1 atom stereocenters. The van der Waals surface area contributed by atoms with Gasteiger partial charge >= 0.3 is 0 Å². The number of nitrogens with zero attached hydrogens (tertiary/aromatic N) is 4. The quantitative estimate of drug-likeness (QED) is 0.454. The number of ether oxygens (including phenoxy) is 2. The zero-order chi connectivity index (χ0) is 20.5. The molecule has 0 bridgehead atoms. The number of fused-ring (bicyclic) bond motifs is 1. The lowest BCUT2D eigenvalue weighted by Crippen LogP contribution is -2.21. The summed E-state index contributed by atoms with van der Waals surface area (Å²) >= 11 is 5.98. The molecule has 2 aromatic heterocycles. The number of rotatable bonds is 5. The van der Waals surface area contributed by atoms with Gasteiger partial charge < -0.3 is 14.0 Å². The van der Waals surface area contributed by atoms with E-state index in [2.05, 4.69) is 15.2 Å². The third-order valence-corrected chi connectivity index (χ3v) is 5.18. The maximum Gasteiger partial charge on any atom is 0.278 e. The molecule has 3 heterocycles. The maximum atomic E-state index is 6.01. The minimum atomic E-state index is -0.0814. The van der Waals surface area contributed by atoms with Gasteiger partial charge in [-0.15, -0.1) is 0 Å². The van der Waals surface area contributed by atoms with Crippen LogP contribution in [0.25, 0.3) is 23.0 Å². The van der Waals surface area contributed by atoms with Crippen molar-refractivity contribution in [3.8, 4) is 28.7 Å². The monoisotopic (exact) mass is 422 g/mol. The molecule has 2 aromatic carbocycles. The highest BCUT2D eigenvalue weighted by Gasteiger charge is 2.24. The Bertz CT molecular complexity index is 1170. The molecule has 1 aliphatic heterocycles. The van der Waals surface area contributed by atoms with Crippen LogP contribution in [0.15, 0.2) is 59.1 Å². The molecular formula is C22H19ClN4O3. The molecule has 0 spiro atoms. The Hall–Kier alpha value is -3.16. The summed E-state index contributed by atoms with van der Waals surface area (Å²) in [6.45, 7) is 3.60. The minimum Gasteiger partial charge on any atom is -0.494 e. The zero-order valence-electron chi connectivity index (χ0n) is 16.3. The molecule has 4 aromatic rings. The molecule has 0 unspecified atom stereocenters. The fourth-order valence-electron chi connectivity index (χ4n) is 3.45. The average molecular weight is 423 g/mol. The van der Waals surface area contributed by atoms with Crippen LogP contribution in [0.5, 0.6) is 5.75 Å².